The largest absolute Gasteiger partial charge is 0.387 e. The lowest BCUT2D eigenvalue weighted by Gasteiger charge is -2.18. The molecule has 1 rings (SSSR count). The molecule has 78 valence electrons. The van der Waals surface area contributed by atoms with Crippen molar-refractivity contribution in [2.45, 2.75) is 38.3 Å². The SMILES string of the molecule is CCCC[C@H](N)[C@@H](O)c1ccccc1. The van der Waals surface area contributed by atoms with Crippen LogP contribution < -0.4 is 5.73 Å². The summed E-state index contributed by atoms with van der Waals surface area (Å²) in [6.07, 6.45) is 2.55. The van der Waals surface area contributed by atoms with E-state index in [1.54, 1.807) is 0 Å². The third kappa shape index (κ3) is 3.13. The zero-order valence-electron chi connectivity index (χ0n) is 8.69. The van der Waals surface area contributed by atoms with Gasteiger partial charge in [-0.1, -0.05) is 50.1 Å². The van der Waals surface area contributed by atoms with Gasteiger partial charge in [0, 0.05) is 6.04 Å². The molecule has 0 aromatic heterocycles. The fourth-order valence-electron chi connectivity index (χ4n) is 1.50. The first-order chi connectivity index (χ1) is 6.75. The van der Waals surface area contributed by atoms with Gasteiger partial charge in [-0.15, -0.1) is 0 Å². The van der Waals surface area contributed by atoms with Crippen LogP contribution in [0, 0.1) is 0 Å². The molecule has 0 aliphatic rings. The molecule has 3 N–H and O–H groups in total. The number of unbranched alkanes of at least 4 members (excludes halogenated alkanes) is 1. The van der Waals surface area contributed by atoms with Crippen LogP contribution in [0.4, 0.5) is 0 Å². The molecule has 1 aromatic carbocycles. The summed E-state index contributed by atoms with van der Waals surface area (Å²) in [5.74, 6) is 0. The second kappa shape index (κ2) is 5.78. The second-order valence-electron chi connectivity index (χ2n) is 3.66. The fraction of sp³-hybridized carbons (Fsp3) is 0.500. The highest BCUT2D eigenvalue weighted by Gasteiger charge is 2.15. The minimum atomic E-state index is -0.525. The summed E-state index contributed by atoms with van der Waals surface area (Å²) in [5.41, 5.74) is 6.80. The molecule has 14 heavy (non-hydrogen) atoms. The van der Waals surface area contributed by atoms with Gasteiger partial charge in [-0.3, -0.25) is 0 Å². The van der Waals surface area contributed by atoms with E-state index in [1.165, 1.54) is 0 Å². The van der Waals surface area contributed by atoms with E-state index < -0.39 is 6.10 Å². The monoisotopic (exact) mass is 193 g/mol. The molecule has 0 saturated heterocycles. The Morgan fingerprint density at radius 1 is 1.29 bits per heavy atom. The Hall–Kier alpha value is -0.860. The fourth-order valence-corrected chi connectivity index (χ4v) is 1.50. The van der Waals surface area contributed by atoms with E-state index >= 15 is 0 Å². The number of hydrogen-bond acceptors (Lipinski definition) is 2. The summed E-state index contributed by atoms with van der Waals surface area (Å²) in [7, 11) is 0. The van der Waals surface area contributed by atoms with E-state index in [-0.39, 0.29) is 6.04 Å². The van der Waals surface area contributed by atoms with Crippen molar-refractivity contribution < 1.29 is 5.11 Å². The summed E-state index contributed by atoms with van der Waals surface area (Å²) in [4.78, 5) is 0. The Bertz CT molecular complexity index is 248. The maximum atomic E-state index is 9.89. The third-order valence-electron chi connectivity index (χ3n) is 2.44. The molecule has 0 heterocycles. The number of hydrogen-bond donors (Lipinski definition) is 2. The van der Waals surface area contributed by atoms with Gasteiger partial charge < -0.3 is 10.8 Å². The lowest BCUT2D eigenvalue weighted by atomic mass is 9.99. The highest BCUT2D eigenvalue weighted by molar-refractivity contribution is 5.18. The number of aliphatic hydroxyl groups is 1. The molecule has 2 nitrogen and oxygen atoms in total. The molecule has 0 bridgehead atoms. The molecular weight excluding hydrogens is 174 g/mol. The summed E-state index contributed by atoms with van der Waals surface area (Å²) in [6, 6.07) is 9.47. The molecule has 0 aliphatic heterocycles. The maximum Gasteiger partial charge on any atom is 0.0940 e. The van der Waals surface area contributed by atoms with Crippen LogP contribution in [-0.4, -0.2) is 11.1 Å². The zero-order valence-corrected chi connectivity index (χ0v) is 8.69. The molecule has 2 atom stereocenters. The van der Waals surface area contributed by atoms with Gasteiger partial charge in [0.2, 0.25) is 0 Å². The van der Waals surface area contributed by atoms with Crippen LogP contribution in [0.5, 0.6) is 0 Å². The maximum absolute atomic E-state index is 9.89. The van der Waals surface area contributed by atoms with Crippen molar-refractivity contribution in [3.8, 4) is 0 Å². The van der Waals surface area contributed by atoms with Crippen LogP contribution in [0.3, 0.4) is 0 Å². The summed E-state index contributed by atoms with van der Waals surface area (Å²) >= 11 is 0. The molecule has 0 saturated carbocycles. The van der Waals surface area contributed by atoms with Gasteiger partial charge in [0.05, 0.1) is 6.10 Å². The summed E-state index contributed by atoms with van der Waals surface area (Å²) in [6.45, 7) is 2.13. The van der Waals surface area contributed by atoms with Crippen molar-refractivity contribution in [3.63, 3.8) is 0 Å². The first-order valence-electron chi connectivity index (χ1n) is 5.24. The molecule has 0 unspecified atom stereocenters. The number of benzene rings is 1. The Morgan fingerprint density at radius 2 is 1.93 bits per heavy atom. The number of rotatable bonds is 5. The van der Waals surface area contributed by atoms with Crippen LogP contribution in [-0.2, 0) is 0 Å². The van der Waals surface area contributed by atoms with Gasteiger partial charge in [0.25, 0.3) is 0 Å². The van der Waals surface area contributed by atoms with Gasteiger partial charge in [-0.25, -0.2) is 0 Å². The molecule has 0 fully saturated rings. The highest BCUT2D eigenvalue weighted by atomic mass is 16.3. The Kier molecular flexibility index (Phi) is 4.63. The van der Waals surface area contributed by atoms with Gasteiger partial charge in [-0.2, -0.15) is 0 Å². The first kappa shape index (κ1) is 11.2. The zero-order chi connectivity index (χ0) is 10.4. The van der Waals surface area contributed by atoms with E-state index in [9.17, 15) is 5.11 Å². The van der Waals surface area contributed by atoms with Crippen LogP contribution >= 0.6 is 0 Å². The van der Waals surface area contributed by atoms with E-state index in [1.807, 2.05) is 30.3 Å². The lowest BCUT2D eigenvalue weighted by molar-refractivity contribution is 0.141. The van der Waals surface area contributed by atoms with Crippen LogP contribution in [0.1, 0.15) is 37.9 Å². The molecular formula is C12H19NO. The summed E-state index contributed by atoms with van der Waals surface area (Å²) in [5, 5.41) is 9.89. The molecule has 2 heteroatoms. The van der Waals surface area contributed by atoms with Crippen molar-refractivity contribution in [3.05, 3.63) is 35.9 Å². The lowest BCUT2D eigenvalue weighted by Crippen LogP contribution is -2.28. The average Bonchev–Trinajstić information content (AvgIpc) is 2.26. The van der Waals surface area contributed by atoms with Crippen molar-refractivity contribution in [2.24, 2.45) is 5.73 Å². The van der Waals surface area contributed by atoms with Crippen molar-refractivity contribution >= 4 is 0 Å². The molecule has 0 amide bonds. The topological polar surface area (TPSA) is 46.2 Å². The average molecular weight is 193 g/mol. The van der Waals surface area contributed by atoms with Gasteiger partial charge >= 0.3 is 0 Å². The van der Waals surface area contributed by atoms with Crippen LogP contribution in [0.2, 0.25) is 0 Å². The van der Waals surface area contributed by atoms with E-state index in [0.717, 1.165) is 24.8 Å². The first-order valence-corrected chi connectivity index (χ1v) is 5.24. The van der Waals surface area contributed by atoms with Crippen molar-refractivity contribution in [1.29, 1.82) is 0 Å². The Balaban J connectivity index is 2.52. The molecule has 1 aromatic rings. The van der Waals surface area contributed by atoms with Crippen molar-refractivity contribution in [2.75, 3.05) is 0 Å². The number of nitrogens with two attached hydrogens (primary N) is 1. The minimum absolute atomic E-state index is 0.141. The minimum Gasteiger partial charge on any atom is -0.387 e. The van der Waals surface area contributed by atoms with Crippen LogP contribution in [0.15, 0.2) is 30.3 Å². The number of aliphatic hydroxyl groups excluding tert-OH is 1. The van der Waals surface area contributed by atoms with Gasteiger partial charge in [-0.05, 0) is 12.0 Å². The molecule has 0 aliphatic carbocycles. The van der Waals surface area contributed by atoms with Crippen molar-refractivity contribution in [1.82, 2.24) is 0 Å². The van der Waals surface area contributed by atoms with E-state index in [2.05, 4.69) is 6.92 Å². The third-order valence-corrected chi connectivity index (χ3v) is 2.44. The second-order valence-corrected chi connectivity index (χ2v) is 3.66. The van der Waals surface area contributed by atoms with Gasteiger partial charge in [0.15, 0.2) is 0 Å². The highest BCUT2D eigenvalue weighted by Crippen LogP contribution is 2.18. The van der Waals surface area contributed by atoms with Gasteiger partial charge in [0.1, 0.15) is 0 Å². The normalized spacial score (nSPS) is 15.1. The molecule has 0 radical (unpaired) electrons. The standard InChI is InChI=1S/C12H19NO/c1-2-3-9-11(13)12(14)10-7-5-4-6-8-10/h4-8,11-12,14H,2-3,9,13H2,1H3/t11-,12-/m0/s1. The summed E-state index contributed by atoms with van der Waals surface area (Å²) < 4.78 is 0. The Morgan fingerprint density at radius 3 is 2.50 bits per heavy atom. The van der Waals surface area contributed by atoms with E-state index in [0.29, 0.717) is 0 Å². The smallest absolute Gasteiger partial charge is 0.0940 e. The quantitative estimate of drug-likeness (QED) is 0.753. The predicted molar refractivity (Wildman–Crippen MR) is 58.9 cm³/mol. The molecule has 0 spiro atoms. The Labute approximate surface area is 85.8 Å². The van der Waals surface area contributed by atoms with E-state index in [4.69, 9.17) is 5.73 Å². The predicted octanol–water partition coefficient (Wildman–Crippen LogP) is 2.24. The van der Waals surface area contributed by atoms with Crippen LogP contribution in [0.25, 0.3) is 0 Å².